The van der Waals surface area contributed by atoms with Gasteiger partial charge in [0.2, 0.25) is 0 Å². The molecule has 9 nitrogen and oxygen atoms in total. The van der Waals surface area contributed by atoms with Gasteiger partial charge in [0, 0.05) is 12.4 Å². The molecule has 0 radical (unpaired) electrons. The second-order valence-corrected chi connectivity index (χ2v) is 7.48. The lowest BCUT2D eigenvalue weighted by molar-refractivity contribution is -0.139. The Labute approximate surface area is 171 Å². The van der Waals surface area contributed by atoms with E-state index in [0.717, 1.165) is 23.3 Å². The molecule has 0 atom stereocenters. The number of unbranched alkanes of at least 4 members (excludes halogenated alkanes) is 1. The Kier molecular flexibility index (Phi) is 6.89. The van der Waals surface area contributed by atoms with E-state index in [1.54, 1.807) is 4.57 Å². The zero-order valence-corrected chi connectivity index (χ0v) is 16.9. The predicted octanol–water partition coefficient (Wildman–Crippen LogP) is 1.74. The number of anilines is 1. The standard InChI is InChI=1S/C19H23N5O4S/c1-28-14(26)10-12-5-4-6-13(9-12)11-24-17-15(21-19(24)27)16(20)22-18(23-17)29-8-3-2-7-25/h4-6,9,25H,2-3,7-8,10-11H2,1H3,(H,21,27)(H2,20,22,23). The number of carbonyl (C=O) groups excluding carboxylic acids is 1. The Bertz CT molecular complexity index is 1010. The van der Waals surface area contributed by atoms with Gasteiger partial charge in [0.1, 0.15) is 0 Å². The molecule has 29 heavy (non-hydrogen) atoms. The van der Waals surface area contributed by atoms with Crippen molar-refractivity contribution in [2.45, 2.75) is 31.0 Å². The summed E-state index contributed by atoms with van der Waals surface area (Å²) in [4.78, 5) is 24.4. The number of aromatic hydroxyl groups is 1. The Morgan fingerprint density at radius 1 is 1.24 bits per heavy atom. The molecule has 154 valence electrons. The summed E-state index contributed by atoms with van der Waals surface area (Å²) in [6, 6.07) is 7.24. The lowest BCUT2D eigenvalue weighted by Gasteiger charge is -2.08. The smallest absolute Gasteiger partial charge is 0.309 e. The number of benzene rings is 1. The minimum Gasteiger partial charge on any atom is -0.480 e. The molecule has 0 fully saturated rings. The van der Waals surface area contributed by atoms with Crippen molar-refractivity contribution in [3.63, 3.8) is 0 Å². The van der Waals surface area contributed by atoms with E-state index in [1.165, 1.54) is 18.9 Å². The summed E-state index contributed by atoms with van der Waals surface area (Å²) >= 11 is 1.44. The number of nitrogen functional groups attached to an aromatic ring is 1. The van der Waals surface area contributed by atoms with E-state index in [9.17, 15) is 9.90 Å². The van der Waals surface area contributed by atoms with Crippen LogP contribution in [0, 0.1) is 0 Å². The highest BCUT2D eigenvalue weighted by molar-refractivity contribution is 7.99. The molecule has 0 spiro atoms. The molecule has 0 aliphatic carbocycles. The predicted molar refractivity (Wildman–Crippen MR) is 110 cm³/mol. The van der Waals surface area contributed by atoms with Crippen LogP contribution in [0.1, 0.15) is 24.0 Å². The summed E-state index contributed by atoms with van der Waals surface area (Å²) in [5.74, 6) is 0.635. The third-order valence-corrected chi connectivity index (χ3v) is 5.21. The monoisotopic (exact) mass is 417 g/mol. The Balaban J connectivity index is 1.87. The molecule has 0 amide bonds. The first-order valence-electron chi connectivity index (χ1n) is 9.12. The van der Waals surface area contributed by atoms with Gasteiger partial charge in [-0.1, -0.05) is 36.0 Å². The Morgan fingerprint density at radius 3 is 2.79 bits per heavy atom. The van der Waals surface area contributed by atoms with Gasteiger partial charge in [-0.25, -0.2) is 9.97 Å². The van der Waals surface area contributed by atoms with E-state index in [1.807, 2.05) is 24.3 Å². The molecule has 0 aliphatic heterocycles. The number of carbonyl (C=O) groups is 1. The highest BCUT2D eigenvalue weighted by atomic mass is 32.2. The van der Waals surface area contributed by atoms with Crippen molar-refractivity contribution in [2.24, 2.45) is 0 Å². The molecule has 0 saturated heterocycles. The molecule has 0 aliphatic rings. The molecular weight excluding hydrogens is 394 g/mol. The lowest BCUT2D eigenvalue weighted by Crippen LogP contribution is -2.06. The molecule has 0 saturated carbocycles. The molecule has 10 heteroatoms. The number of imidazole rings is 1. The number of aliphatic hydroxyl groups is 1. The number of methoxy groups -OCH3 is 1. The first-order chi connectivity index (χ1) is 14.0. The van der Waals surface area contributed by atoms with Gasteiger partial charge >= 0.3 is 5.97 Å². The number of aromatic nitrogens is 4. The summed E-state index contributed by atoms with van der Waals surface area (Å²) in [5.41, 5.74) is 8.48. The fourth-order valence-corrected chi connectivity index (χ4v) is 3.68. The molecular formula is C19H23N5O4S. The van der Waals surface area contributed by atoms with Gasteiger partial charge in [-0.15, -0.1) is 0 Å². The third-order valence-electron chi connectivity index (χ3n) is 4.27. The van der Waals surface area contributed by atoms with Crippen LogP contribution >= 0.6 is 11.8 Å². The molecule has 0 bridgehead atoms. The number of thioether (sulfide) groups is 1. The number of rotatable bonds is 9. The highest BCUT2D eigenvalue weighted by Gasteiger charge is 2.17. The minimum absolute atomic E-state index is 0.151. The van der Waals surface area contributed by atoms with Crippen molar-refractivity contribution in [1.29, 1.82) is 0 Å². The minimum atomic E-state index is -0.318. The van der Waals surface area contributed by atoms with Crippen molar-refractivity contribution in [1.82, 2.24) is 19.5 Å². The first-order valence-corrected chi connectivity index (χ1v) is 10.1. The molecule has 4 N–H and O–H groups in total. The molecule has 2 aromatic heterocycles. The van der Waals surface area contributed by atoms with E-state index < -0.39 is 0 Å². The zero-order valence-electron chi connectivity index (χ0n) is 16.0. The summed E-state index contributed by atoms with van der Waals surface area (Å²) in [7, 11) is 1.35. The molecule has 3 rings (SSSR count). The average molecular weight is 417 g/mol. The normalized spacial score (nSPS) is 11.1. The van der Waals surface area contributed by atoms with Gasteiger partial charge in [-0.3, -0.25) is 9.36 Å². The number of nitrogens with zero attached hydrogens (tertiary/aromatic N) is 4. The van der Waals surface area contributed by atoms with Crippen molar-refractivity contribution >= 4 is 34.7 Å². The molecule has 0 unspecified atom stereocenters. The molecule has 3 aromatic rings. The average Bonchev–Trinajstić information content (AvgIpc) is 3.02. The molecule has 1 aromatic carbocycles. The van der Waals surface area contributed by atoms with Crippen LogP contribution in [0.25, 0.3) is 11.2 Å². The Hall–Kier alpha value is -2.85. The van der Waals surface area contributed by atoms with Crippen LogP contribution in [0.3, 0.4) is 0 Å². The van der Waals surface area contributed by atoms with E-state index in [-0.39, 0.29) is 30.8 Å². The number of fused-ring (bicyclic) bond motifs is 1. The van der Waals surface area contributed by atoms with Crippen LogP contribution in [-0.2, 0) is 22.5 Å². The van der Waals surface area contributed by atoms with E-state index >= 15 is 0 Å². The van der Waals surface area contributed by atoms with Crippen LogP contribution in [0.5, 0.6) is 6.01 Å². The van der Waals surface area contributed by atoms with Crippen molar-refractivity contribution in [3.8, 4) is 6.01 Å². The second-order valence-electron chi connectivity index (χ2n) is 6.41. The third kappa shape index (κ3) is 5.15. The van der Waals surface area contributed by atoms with Gasteiger partial charge in [0.05, 0.1) is 20.1 Å². The fourth-order valence-electron chi connectivity index (χ4n) is 2.84. The van der Waals surface area contributed by atoms with Gasteiger partial charge in [0.15, 0.2) is 22.1 Å². The maximum atomic E-state index is 11.5. The summed E-state index contributed by atoms with van der Waals surface area (Å²) < 4.78 is 6.27. The van der Waals surface area contributed by atoms with Crippen LogP contribution < -0.4 is 5.73 Å². The number of hydrogen-bond donors (Lipinski definition) is 3. The van der Waals surface area contributed by atoms with Gasteiger partial charge in [0.25, 0.3) is 6.01 Å². The zero-order chi connectivity index (χ0) is 20.8. The largest absolute Gasteiger partial charge is 0.480 e. The maximum absolute atomic E-state index is 11.5. The lowest BCUT2D eigenvalue weighted by atomic mass is 10.1. The van der Waals surface area contributed by atoms with Gasteiger partial charge in [-0.05, 0) is 24.0 Å². The van der Waals surface area contributed by atoms with Crippen molar-refractivity contribution in [3.05, 3.63) is 35.4 Å². The highest BCUT2D eigenvalue weighted by Crippen LogP contribution is 2.27. The number of hydrogen-bond acceptors (Lipinski definition) is 9. The van der Waals surface area contributed by atoms with Crippen molar-refractivity contribution in [2.75, 3.05) is 25.2 Å². The summed E-state index contributed by atoms with van der Waals surface area (Å²) in [6.45, 7) is 0.459. The summed E-state index contributed by atoms with van der Waals surface area (Å²) in [6.07, 6.45) is 1.72. The quantitative estimate of drug-likeness (QED) is 0.206. The SMILES string of the molecule is COC(=O)Cc1cccc(Cn2c(O)nc3c(N)nc(SCCCCO)nc32)c1. The van der Waals surface area contributed by atoms with Crippen LogP contribution in [0.4, 0.5) is 5.82 Å². The number of nitrogens with two attached hydrogens (primary N) is 1. The maximum Gasteiger partial charge on any atom is 0.309 e. The van der Waals surface area contributed by atoms with Gasteiger partial charge < -0.3 is 20.7 Å². The van der Waals surface area contributed by atoms with E-state index in [4.69, 9.17) is 15.6 Å². The van der Waals surface area contributed by atoms with Crippen LogP contribution in [0.2, 0.25) is 0 Å². The van der Waals surface area contributed by atoms with E-state index in [2.05, 4.69) is 15.0 Å². The topological polar surface area (TPSA) is 136 Å². The first kappa shape index (κ1) is 20.9. The van der Waals surface area contributed by atoms with E-state index in [0.29, 0.717) is 29.3 Å². The summed E-state index contributed by atoms with van der Waals surface area (Å²) in [5, 5.41) is 19.7. The Morgan fingerprint density at radius 2 is 2.03 bits per heavy atom. The molecule has 2 heterocycles. The van der Waals surface area contributed by atoms with Gasteiger partial charge in [-0.2, -0.15) is 4.98 Å². The number of ether oxygens (including phenoxy) is 1. The van der Waals surface area contributed by atoms with Crippen molar-refractivity contribution < 1.29 is 19.7 Å². The number of aliphatic hydroxyl groups excluding tert-OH is 1. The fraction of sp³-hybridized carbons (Fsp3) is 0.368. The number of esters is 1. The van der Waals surface area contributed by atoms with Crippen LogP contribution in [0.15, 0.2) is 29.4 Å². The second kappa shape index (κ2) is 9.57. The van der Waals surface area contributed by atoms with Crippen LogP contribution in [-0.4, -0.2) is 55.2 Å².